The fourth-order valence-corrected chi connectivity index (χ4v) is 6.31. The van der Waals surface area contributed by atoms with Gasteiger partial charge in [0.15, 0.2) is 0 Å². The maximum Gasteiger partial charge on any atom is 0.116 e. The van der Waals surface area contributed by atoms with Crippen molar-refractivity contribution in [1.82, 2.24) is 30.5 Å². The van der Waals surface area contributed by atoms with Gasteiger partial charge < -0.3 is 21.4 Å². The summed E-state index contributed by atoms with van der Waals surface area (Å²) in [4.78, 5) is 12.9. The van der Waals surface area contributed by atoms with E-state index in [-0.39, 0.29) is 5.92 Å². The molecule has 6 N–H and O–H groups in total. The van der Waals surface area contributed by atoms with Gasteiger partial charge in [-0.15, -0.1) is 0 Å². The molecule has 0 amide bonds. The Balaban J connectivity index is 1.30. The van der Waals surface area contributed by atoms with Gasteiger partial charge in [0, 0.05) is 45.9 Å². The number of hydrogen-bond donors (Lipinski definition) is 5. The van der Waals surface area contributed by atoms with Crippen molar-refractivity contribution >= 4 is 33.5 Å². The van der Waals surface area contributed by atoms with Crippen molar-refractivity contribution in [2.75, 3.05) is 18.4 Å². The maximum absolute atomic E-state index is 6.14. The van der Waals surface area contributed by atoms with Crippen molar-refractivity contribution in [2.45, 2.75) is 39.0 Å². The Morgan fingerprint density at radius 1 is 1.20 bits per heavy atom. The summed E-state index contributed by atoms with van der Waals surface area (Å²) in [5, 5.41) is 19.9. The van der Waals surface area contributed by atoms with Crippen LogP contribution in [0.2, 0.25) is 0 Å². The molecule has 0 atom stereocenters. The number of piperidine rings is 1. The molecule has 210 valence electrons. The number of nitrogens with zero attached hydrogens (tertiary/aromatic N) is 3. The summed E-state index contributed by atoms with van der Waals surface area (Å²) in [6.07, 6.45) is 10.6. The largest absolute Gasteiger partial charge is 0.404 e. The van der Waals surface area contributed by atoms with Crippen LogP contribution in [-0.4, -0.2) is 38.2 Å². The lowest BCUT2D eigenvalue weighted by Crippen LogP contribution is -2.28. The van der Waals surface area contributed by atoms with Crippen molar-refractivity contribution in [3.63, 3.8) is 0 Å². The van der Waals surface area contributed by atoms with Crippen LogP contribution in [0.15, 0.2) is 72.1 Å². The smallest absolute Gasteiger partial charge is 0.116 e. The minimum Gasteiger partial charge on any atom is -0.404 e. The Morgan fingerprint density at radius 2 is 2.05 bits per heavy atom. The zero-order valence-corrected chi connectivity index (χ0v) is 24.3. The SMILES string of the molecule is C=C(CC1CCNCC1)Nc1cncc(-c2cc3c(-c4cc(/C(=C\N)c5ccsc5)c(C(C)C)[nH]4)n[nH]c3cn2)c1. The first-order valence-corrected chi connectivity index (χ1v) is 15.1. The molecule has 6 rings (SSSR count). The molecule has 0 aromatic carbocycles. The number of aromatic nitrogens is 5. The van der Waals surface area contributed by atoms with Crippen molar-refractivity contribution in [3.05, 3.63) is 88.9 Å². The summed E-state index contributed by atoms with van der Waals surface area (Å²) in [6, 6.07) is 8.41. The first-order chi connectivity index (χ1) is 20.0. The predicted molar refractivity (Wildman–Crippen MR) is 170 cm³/mol. The molecular weight excluding hydrogens is 528 g/mol. The molecule has 0 aliphatic carbocycles. The van der Waals surface area contributed by atoms with Gasteiger partial charge in [-0.1, -0.05) is 20.4 Å². The molecule has 1 saturated heterocycles. The molecule has 1 aliphatic heterocycles. The van der Waals surface area contributed by atoms with E-state index in [1.807, 2.05) is 18.6 Å². The van der Waals surface area contributed by atoms with E-state index in [9.17, 15) is 0 Å². The van der Waals surface area contributed by atoms with E-state index in [0.717, 1.165) is 86.8 Å². The second-order valence-electron chi connectivity index (χ2n) is 11.0. The van der Waals surface area contributed by atoms with E-state index in [0.29, 0.717) is 5.92 Å². The van der Waals surface area contributed by atoms with Gasteiger partial charge in [0.1, 0.15) is 5.69 Å². The van der Waals surface area contributed by atoms with Crippen molar-refractivity contribution in [3.8, 4) is 22.6 Å². The zero-order chi connectivity index (χ0) is 28.3. The summed E-state index contributed by atoms with van der Waals surface area (Å²) in [5.74, 6) is 0.947. The van der Waals surface area contributed by atoms with Crippen LogP contribution in [0.3, 0.4) is 0 Å². The normalized spacial score (nSPS) is 14.7. The Morgan fingerprint density at radius 3 is 2.80 bits per heavy atom. The Bertz CT molecular complexity index is 1690. The first-order valence-electron chi connectivity index (χ1n) is 14.1. The molecule has 41 heavy (non-hydrogen) atoms. The van der Waals surface area contributed by atoms with E-state index in [1.54, 1.807) is 17.5 Å². The van der Waals surface area contributed by atoms with E-state index in [4.69, 9.17) is 10.7 Å². The van der Waals surface area contributed by atoms with Crippen molar-refractivity contribution in [1.29, 1.82) is 0 Å². The van der Waals surface area contributed by atoms with E-state index >= 15 is 0 Å². The monoisotopic (exact) mass is 564 g/mol. The summed E-state index contributed by atoms with van der Waals surface area (Å²) in [5.41, 5.74) is 16.8. The molecular formula is C32H36N8S. The van der Waals surface area contributed by atoms with Crippen LogP contribution in [0.4, 0.5) is 5.69 Å². The maximum atomic E-state index is 6.14. The Kier molecular flexibility index (Phi) is 7.71. The van der Waals surface area contributed by atoms with Gasteiger partial charge >= 0.3 is 0 Å². The van der Waals surface area contributed by atoms with Crippen LogP contribution in [0.25, 0.3) is 39.1 Å². The molecule has 0 spiro atoms. The molecule has 6 heterocycles. The number of hydrogen-bond acceptors (Lipinski definition) is 7. The minimum absolute atomic E-state index is 0.278. The fourth-order valence-electron chi connectivity index (χ4n) is 5.65. The number of anilines is 1. The fraction of sp³-hybridized carbons (Fsp3) is 0.281. The van der Waals surface area contributed by atoms with Gasteiger partial charge in [0.2, 0.25) is 0 Å². The lowest BCUT2D eigenvalue weighted by molar-refractivity contribution is 0.373. The lowest BCUT2D eigenvalue weighted by Gasteiger charge is -2.23. The summed E-state index contributed by atoms with van der Waals surface area (Å²) < 4.78 is 0. The molecule has 5 aromatic rings. The molecule has 1 aliphatic rings. The number of allylic oxidation sites excluding steroid dienone is 1. The summed E-state index contributed by atoms with van der Waals surface area (Å²) in [6.45, 7) is 10.8. The van der Waals surface area contributed by atoms with Crippen LogP contribution < -0.4 is 16.4 Å². The van der Waals surface area contributed by atoms with Crippen LogP contribution in [0.1, 0.15) is 55.8 Å². The first kappa shape index (κ1) is 27.0. The number of H-pyrrole nitrogens is 2. The third-order valence-electron chi connectivity index (χ3n) is 7.77. The van der Waals surface area contributed by atoms with Crippen LogP contribution in [-0.2, 0) is 0 Å². The van der Waals surface area contributed by atoms with Crippen LogP contribution in [0, 0.1) is 5.92 Å². The van der Waals surface area contributed by atoms with Crippen LogP contribution >= 0.6 is 11.3 Å². The average molecular weight is 565 g/mol. The average Bonchev–Trinajstić information content (AvgIpc) is 3.74. The summed E-state index contributed by atoms with van der Waals surface area (Å²) in [7, 11) is 0. The molecule has 0 radical (unpaired) electrons. The Hall–Kier alpha value is -4.21. The van der Waals surface area contributed by atoms with Crippen molar-refractivity contribution in [2.24, 2.45) is 11.7 Å². The number of rotatable bonds is 9. The molecule has 1 fully saturated rings. The molecule has 8 nitrogen and oxygen atoms in total. The van der Waals surface area contributed by atoms with E-state index in [2.05, 4.69) is 86.3 Å². The Labute approximate surface area is 244 Å². The lowest BCUT2D eigenvalue weighted by atomic mass is 9.93. The van der Waals surface area contributed by atoms with Gasteiger partial charge in [-0.05, 0) is 84.8 Å². The topological polar surface area (TPSA) is 120 Å². The number of fused-ring (bicyclic) bond motifs is 1. The highest BCUT2D eigenvalue weighted by Crippen LogP contribution is 2.36. The molecule has 0 bridgehead atoms. The molecule has 5 aromatic heterocycles. The third-order valence-corrected chi connectivity index (χ3v) is 8.45. The zero-order valence-electron chi connectivity index (χ0n) is 23.5. The standard InChI is InChI=1S/C32H36N8S/c1-19(2)31-25(27(14-33)22-6-9-41-18-22)12-29(38-31)32-26-13-28(36-17-30(26)39-40-32)23-11-24(16-35-15-23)37-20(3)10-21-4-7-34-8-5-21/h6,9,11-19,21,34,37-38H,3-5,7-8,10,33H2,1-2H3,(H,39,40)/b27-14-. The predicted octanol–water partition coefficient (Wildman–Crippen LogP) is 6.86. The number of aromatic amines is 2. The molecule has 0 saturated carbocycles. The highest BCUT2D eigenvalue weighted by molar-refractivity contribution is 7.08. The van der Waals surface area contributed by atoms with Gasteiger partial charge in [0.05, 0.1) is 35.0 Å². The third kappa shape index (κ3) is 5.68. The van der Waals surface area contributed by atoms with Gasteiger partial charge in [-0.25, -0.2) is 0 Å². The highest BCUT2D eigenvalue weighted by atomic mass is 32.1. The second kappa shape index (κ2) is 11.7. The molecule has 0 unspecified atom stereocenters. The minimum atomic E-state index is 0.278. The quantitative estimate of drug-likeness (QED) is 0.133. The second-order valence-corrected chi connectivity index (χ2v) is 11.8. The van der Waals surface area contributed by atoms with Crippen molar-refractivity contribution < 1.29 is 0 Å². The highest BCUT2D eigenvalue weighted by Gasteiger charge is 2.20. The summed E-state index contributed by atoms with van der Waals surface area (Å²) >= 11 is 1.66. The number of thiophene rings is 1. The van der Waals surface area contributed by atoms with Gasteiger partial charge in [-0.2, -0.15) is 16.4 Å². The van der Waals surface area contributed by atoms with Gasteiger partial charge in [-0.3, -0.25) is 15.1 Å². The van der Waals surface area contributed by atoms with E-state index < -0.39 is 0 Å². The number of pyridine rings is 2. The van der Waals surface area contributed by atoms with E-state index in [1.165, 1.54) is 12.8 Å². The van der Waals surface area contributed by atoms with Gasteiger partial charge in [0.25, 0.3) is 0 Å². The molecule has 9 heteroatoms. The number of nitrogens with one attached hydrogen (secondary N) is 4. The number of nitrogens with two attached hydrogens (primary N) is 1. The van der Waals surface area contributed by atoms with Crippen LogP contribution in [0.5, 0.6) is 0 Å².